The van der Waals surface area contributed by atoms with Gasteiger partial charge in [0.25, 0.3) is 16.0 Å². The molecule has 11 heteroatoms. The Morgan fingerprint density at radius 1 is 1.26 bits per heavy atom. The van der Waals surface area contributed by atoms with Crippen molar-refractivity contribution in [1.82, 2.24) is 20.6 Å². The molecule has 0 atom stereocenters. The highest BCUT2D eigenvalue weighted by molar-refractivity contribution is 7.92. The van der Waals surface area contributed by atoms with Gasteiger partial charge in [-0.2, -0.15) is 18.4 Å². The zero-order chi connectivity index (χ0) is 14.1. The summed E-state index contributed by atoms with van der Waals surface area (Å²) in [7, 11) is -4.20. The summed E-state index contributed by atoms with van der Waals surface area (Å²) in [6, 6.07) is 3.31. The minimum atomic E-state index is -4.63. The van der Waals surface area contributed by atoms with Crippen LogP contribution in [0.2, 0.25) is 0 Å². The Bertz CT molecular complexity index is 668. The first-order valence-electron chi connectivity index (χ1n) is 4.72. The molecule has 0 amide bonds. The van der Waals surface area contributed by atoms with Crippen LogP contribution in [0.3, 0.4) is 0 Å². The van der Waals surface area contributed by atoms with Crippen molar-refractivity contribution >= 4 is 16.0 Å². The average Bonchev–Trinajstić information content (AvgIpc) is 2.80. The molecule has 0 aliphatic rings. The van der Waals surface area contributed by atoms with Gasteiger partial charge >= 0.3 is 6.18 Å². The second kappa shape index (κ2) is 4.50. The van der Waals surface area contributed by atoms with Crippen molar-refractivity contribution < 1.29 is 21.6 Å². The van der Waals surface area contributed by atoms with Gasteiger partial charge in [-0.3, -0.25) is 0 Å². The molecule has 0 fully saturated rings. The molecule has 0 unspecified atom stereocenters. The van der Waals surface area contributed by atoms with Crippen LogP contribution in [0, 0.1) is 0 Å². The van der Waals surface area contributed by atoms with E-state index in [4.69, 9.17) is 0 Å². The van der Waals surface area contributed by atoms with Gasteiger partial charge in [-0.05, 0) is 23.4 Å². The standard InChI is InChI=1S/C8H6F3N5O2S/c9-8(10,11)5-2-1-3-6(4-5)19(17,18)14-7-12-15-16-13-7/h1-4H,(H2,12,13,14,15,16). The van der Waals surface area contributed by atoms with E-state index >= 15 is 0 Å². The lowest BCUT2D eigenvalue weighted by molar-refractivity contribution is -0.137. The smallest absolute Gasteiger partial charge is 0.245 e. The molecule has 0 saturated carbocycles. The Morgan fingerprint density at radius 3 is 2.58 bits per heavy atom. The van der Waals surface area contributed by atoms with E-state index in [0.29, 0.717) is 6.07 Å². The summed E-state index contributed by atoms with van der Waals surface area (Å²) in [5.74, 6) is -0.364. The fourth-order valence-electron chi connectivity index (χ4n) is 1.22. The molecule has 19 heavy (non-hydrogen) atoms. The zero-order valence-electron chi connectivity index (χ0n) is 9.01. The SMILES string of the molecule is O=S(=O)(Nc1nn[nH]n1)c1cccc(C(F)(F)F)c1. The van der Waals surface area contributed by atoms with Crippen LogP contribution < -0.4 is 4.72 Å². The number of rotatable bonds is 3. The van der Waals surface area contributed by atoms with Gasteiger partial charge in [0.1, 0.15) is 0 Å². The lowest BCUT2D eigenvalue weighted by atomic mass is 10.2. The maximum absolute atomic E-state index is 12.5. The van der Waals surface area contributed by atoms with Gasteiger partial charge in [0.15, 0.2) is 0 Å². The van der Waals surface area contributed by atoms with Gasteiger partial charge in [0.05, 0.1) is 10.5 Å². The third kappa shape index (κ3) is 2.99. The fourth-order valence-corrected chi connectivity index (χ4v) is 2.21. The van der Waals surface area contributed by atoms with Crippen LogP contribution in [0.15, 0.2) is 29.2 Å². The minimum absolute atomic E-state index is 0.364. The molecule has 2 aromatic rings. The van der Waals surface area contributed by atoms with E-state index in [9.17, 15) is 21.6 Å². The summed E-state index contributed by atoms with van der Waals surface area (Å²) >= 11 is 0. The van der Waals surface area contributed by atoms with Crippen LogP contribution in [0.5, 0.6) is 0 Å². The van der Waals surface area contributed by atoms with E-state index < -0.39 is 26.7 Å². The van der Waals surface area contributed by atoms with Crippen molar-refractivity contribution in [3.8, 4) is 0 Å². The predicted molar refractivity (Wildman–Crippen MR) is 56.4 cm³/mol. The van der Waals surface area contributed by atoms with Gasteiger partial charge in [-0.1, -0.05) is 11.2 Å². The summed E-state index contributed by atoms with van der Waals surface area (Å²) in [5, 5.41) is 11.8. The Labute approximate surface area is 104 Å². The van der Waals surface area contributed by atoms with Crippen LogP contribution in [-0.2, 0) is 16.2 Å². The molecule has 2 rings (SSSR count). The van der Waals surface area contributed by atoms with E-state index in [1.807, 2.05) is 9.94 Å². The molecule has 0 spiro atoms. The average molecular weight is 293 g/mol. The number of alkyl halides is 3. The monoisotopic (exact) mass is 293 g/mol. The topological polar surface area (TPSA) is 101 Å². The molecule has 0 saturated heterocycles. The first kappa shape index (κ1) is 13.3. The zero-order valence-corrected chi connectivity index (χ0v) is 9.83. The number of aromatic nitrogens is 4. The van der Waals surface area contributed by atoms with Crippen molar-refractivity contribution in [2.45, 2.75) is 11.1 Å². The second-order valence-corrected chi connectivity index (χ2v) is 5.05. The number of halogens is 3. The number of H-pyrrole nitrogens is 1. The Balaban J connectivity index is 2.36. The number of hydrogen-bond donors (Lipinski definition) is 2. The van der Waals surface area contributed by atoms with Gasteiger partial charge < -0.3 is 0 Å². The molecule has 1 aromatic heterocycles. The van der Waals surface area contributed by atoms with E-state index in [1.54, 1.807) is 0 Å². The van der Waals surface area contributed by atoms with Gasteiger partial charge in [-0.15, -0.1) is 5.10 Å². The maximum Gasteiger partial charge on any atom is 0.416 e. The summed E-state index contributed by atoms with van der Waals surface area (Å²) in [6.45, 7) is 0. The molecule has 1 heterocycles. The summed E-state index contributed by atoms with van der Waals surface area (Å²) in [6.07, 6.45) is -4.63. The molecule has 0 aliphatic heterocycles. The molecule has 7 nitrogen and oxygen atoms in total. The Kier molecular flexibility index (Phi) is 3.14. The number of nitrogens with zero attached hydrogens (tertiary/aromatic N) is 3. The fraction of sp³-hybridized carbons (Fsp3) is 0.125. The molecule has 102 valence electrons. The first-order chi connectivity index (χ1) is 8.79. The molecular formula is C8H6F3N5O2S. The van der Waals surface area contributed by atoms with Crippen LogP contribution in [-0.4, -0.2) is 29.0 Å². The predicted octanol–water partition coefficient (Wildman–Crippen LogP) is 1.02. The third-order valence-electron chi connectivity index (χ3n) is 2.04. The number of anilines is 1. The summed E-state index contributed by atoms with van der Waals surface area (Å²) in [4.78, 5) is -0.549. The largest absolute Gasteiger partial charge is 0.416 e. The highest BCUT2D eigenvalue weighted by Crippen LogP contribution is 2.30. The van der Waals surface area contributed by atoms with Gasteiger partial charge in [0.2, 0.25) is 0 Å². The normalized spacial score (nSPS) is 12.4. The lowest BCUT2D eigenvalue weighted by Crippen LogP contribution is -2.15. The number of sulfonamides is 1. The number of benzene rings is 1. The molecule has 0 bridgehead atoms. The van der Waals surface area contributed by atoms with Crippen LogP contribution in [0.1, 0.15) is 5.56 Å². The van der Waals surface area contributed by atoms with E-state index in [1.165, 1.54) is 0 Å². The molecule has 1 aromatic carbocycles. The van der Waals surface area contributed by atoms with E-state index in [-0.39, 0.29) is 5.95 Å². The third-order valence-corrected chi connectivity index (χ3v) is 3.37. The van der Waals surface area contributed by atoms with Crippen LogP contribution in [0.25, 0.3) is 0 Å². The minimum Gasteiger partial charge on any atom is -0.245 e. The number of aromatic amines is 1. The van der Waals surface area contributed by atoms with Gasteiger partial charge in [-0.25, -0.2) is 13.1 Å². The van der Waals surface area contributed by atoms with Gasteiger partial charge in [0, 0.05) is 0 Å². The number of hydrogen-bond acceptors (Lipinski definition) is 5. The quantitative estimate of drug-likeness (QED) is 0.880. The van der Waals surface area contributed by atoms with Crippen molar-refractivity contribution in [3.05, 3.63) is 29.8 Å². The maximum atomic E-state index is 12.5. The molecule has 0 radical (unpaired) electrons. The summed E-state index contributed by atoms with van der Waals surface area (Å²) < 4.78 is 62.9. The van der Waals surface area contributed by atoms with E-state index in [2.05, 4.69) is 15.4 Å². The Morgan fingerprint density at radius 2 is 2.00 bits per heavy atom. The Hall–Kier alpha value is -2.17. The van der Waals surface area contributed by atoms with Crippen molar-refractivity contribution in [1.29, 1.82) is 0 Å². The first-order valence-corrected chi connectivity index (χ1v) is 6.21. The summed E-state index contributed by atoms with van der Waals surface area (Å²) in [5.41, 5.74) is -1.07. The second-order valence-electron chi connectivity index (χ2n) is 3.37. The van der Waals surface area contributed by atoms with Crippen LogP contribution in [0.4, 0.5) is 19.1 Å². The van der Waals surface area contributed by atoms with E-state index in [0.717, 1.165) is 18.2 Å². The lowest BCUT2D eigenvalue weighted by Gasteiger charge is -2.09. The highest BCUT2D eigenvalue weighted by atomic mass is 32.2. The van der Waals surface area contributed by atoms with Crippen molar-refractivity contribution in [2.24, 2.45) is 0 Å². The molecule has 0 aliphatic carbocycles. The number of tetrazole rings is 1. The van der Waals surface area contributed by atoms with Crippen LogP contribution >= 0.6 is 0 Å². The van der Waals surface area contributed by atoms with Crippen molar-refractivity contribution in [3.63, 3.8) is 0 Å². The van der Waals surface area contributed by atoms with Crippen molar-refractivity contribution in [2.75, 3.05) is 4.72 Å². The molecule has 2 N–H and O–H groups in total. The molecular weight excluding hydrogens is 287 g/mol. The number of nitrogens with one attached hydrogen (secondary N) is 2. The highest BCUT2D eigenvalue weighted by Gasteiger charge is 2.31.